The fourth-order valence-corrected chi connectivity index (χ4v) is 2.50. The van der Waals surface area contributed by atoms with E-state index >= 15 is 0 Å². The SMILES string of the molecule is O=CC1(NSc2ccccc2N=O)CCC1. The first-order valence-corrected chi connectivity index (χ1v) is 5.94. The summed E-state index contributed by atoms with van der Waals surface area (Å²) in [5.74, 6) is 0. The van der Waals surface area contributed by atoms with Crippen molar-refractivity contribution in [1.29, 1.82) is 0 Å². The van der Waals surface area contributed by atoms with Crippen LogP contribution in [0.2, 0.25) is 0 Å². The van der Waals surface area contributed by atoms with Crippen molar-refractivity contribution >= 4 is 23.9 Å². The number of benzene rings is 1. The Balaban J connectivity index is 2.04. The summed E-state index contributed by atoms with van der Waals surface area (Å²) in [7, 11) is 0. The molecule has 0 radical (unpaired) electrons. The molecule has 1 aromatic rings. The van der Waals surface area contributed by atoms with Crippen molar-refractivity contribution in [3.05, 3.63) is 29.2 Å². The Morgan fingerprint density at radius 3 is 2.69 bits per heavy atom. The van der Waals surface area contributed by atoms with Gasteiger partial charge in [-0.25, -0.2) is 4.72 Å². The van der Waals surface area contributed by atoms with Gasteiger partial charge in [0.1, 0.15) is 12.0 Å². The van der Waals surface area contributed by atoms with Crippen LogP contribution < -0.4 is 4.72 Å². The average molecular weight is 236 g/mol. The van der Waals surface area contributed by atoms with Gasteiger partial charge in [-0.3, -0.25) is 0 Å². The minimum Gasteiger partial charge on any atom is -0.301 e. The molecule has 1 N–H and O–H groups in total. The molecule has 1 aromatic carbocycles. The van der Waals surface area contributed by atoms with Crippen LogP contribution in [0, 0.1) is 4.91 Å². The third-order valence-corrected chi connectivity index (χ3v) is 3.87. The molecule has 0 aromatic heterocycles. The van der Waals surface area contributed by atoms with Gasteiger partial charge in [0.25, 0.3) is 0 Å². The van der Waals surface area contributed by atoms with E-state index in [2.05, 4.69) is 9.90 Å². The summed E-state index contributed by atoms with van der Waals surface area (Å²) >= 11 is 1.30. The number of carbonyl (C=O) groups excluding carboxylic acids is 1. The molecular formula is C11H12N2O2S. The van der Waals surface area contributed by atoms with Gasteiger partial charge >= 0.3 is 0 Å². The third-order valence-electron chi connectivity index (χ3n) is 2.80. The van der Waals surface area contributed by atoms with Gasteiger partial charge in [-0.05, 0) is 48.5 Å². The number of nitrogens with one attached hydrogen (secondary N) is 1. The van der Waals surface area contributed by atoms with Gasteiger partial charge in [-0.15, -0.1) is 4.91 Å². The first-order chi connectivity index (χ1) is 7.79. The maximum absolute atomic E-state index is 10.9. The van der Waals surface area contributed by atoms with E-state index in [-0.39, 0.29) is 0 Å². The van der Waals surface area contributed by atoms with E-state index in [4.69, 9.17) is 0 Å². The number of hydrogen-bond donors (Lipinski definition) is 1. The van der Waals surface area contributed by atoms with Gasteiger partial charge in [0.05, 0.1) is 10.4 Å². The summed E-state index contributed by atoms with van der Waals surface area (Å²) in [6, 6.07) is 7.07. The summed E-state index contributed by atoms with van der Waals surface area (Å²) in [5.41, 5.74) is 0.00100. The van der Waals surface area contributed by atoms with Crippen LogP contribution in [0.3, 0.4) is 0 Å². The van der Waals surface area contributed by atoms with Crippen LogP contribution >= 0.6 is 11.9 Å². The molecule has 5 heteroatoms. The van der Waals surface area contributed by atoms with Crippen molar-refractivity contribution in [2.24, 2.45) is 5.18 Å². The van der Waals surface area contributed by atoms with Crippen molar-refractivity contribution < 1.29 is 4.79 Å². The average Bonchev–Trinajstić information content (AvgIpc) is 2.29. The zero-order chi connectivity index (χ0) is 11.4. The summed E-state index contributed by atoms with van der Waals surface area (Å²) in [5, 5.41) is 2.94. The molecular weight excluding hydrogens is 224 g/mol. The molecule has 0 unspecified atom stereocenters. The second-order valence-corrected chi connectivity index (χ2v) is 4.74. The Bertz CT molecular complexity index is 405. The van der Waals surface area contributed by atoms with E-state index in [1.54, 1.807) is 12.1 Å². The molecule has 0 bridgehead atoms. The fraction of sp³-hybridized carbons (Fsp3) is 0.364. The number of nitroso groups, excluding NO2 is 1. The number of rotatable bonds is 5. The zero-order valence-corrected chi connectivity index (χ0v) is 9.50. The first kappa shape index (κ1) is 11.3. The maximum atomic E-state index is 10.9. The minimum atomic E-state index is -0.402. The summed E-state index contributed by atoms with van der Waals surface area (Å²) in [4.78, 5) is 22.2. The van der Waals surface area contributed by atoms with Crippen molar-refractivity contribution in [3.63, 3.8) is 0 Å². The molecule has 1 aliphatic carbocycles. The Labute approximate surface area is 97.9 Å². The van der Waals surface area contributed by atoms with Crippen molar-refractivity contribution in [1.82, 2.24) is 4.72 Å². The second kappa shape index (κ2) is 4.76. The molecule has 0 aliphatic heterocycles. The lowest BCUT2D eigenvalue weighted by Gasteiger charge is -2.36. The lowest BCUT2D eigenvalue weighted by Crippen LogP contribution is -2.49. The molecule has 0 heterocycles. The fourth-order valence-electron chi connectivity index (χ4n) is 1.58. The molecule has 4 nitrogen and oxygen atoms in total. The highest BCUT2D eigenvalue weighted by Crippen LogP contribution is 2.35. The van der Waals surface area contributed by atoms with Crippen LogP contribution in [-0.4, -0.2) is 11.8 Å². The number of aldehydes is 1. The van der Waals surface area contributed by atoms with Crippen molar-refractivity contribution in [2.45, 2.75) is 29.7 Å². The molecule has 16 heavy (non-hydrogen) atoms. The molecule has 0 spiro atoms. The van der Waals surface area contributed by atoms with E-state index in [1.807, 2.05) is 12.1 Å². The normalized spacial score (nSPS) is 17.5. The van der Waals surface area contributed by atoms with E-state index in [9.17, 15) is 9.70 Å². The Kier molecular flexibility index (Phi) is 3.36. The second-order valence-electron chi connectivity index (χ2n) is 3.89. The highest BCUT2D eigenvalue weighted by atomic mass is 32.2. The molecule has 84 valence electrons. The predicted molar refractivity (Wildman–Crippen MR) is 63.5 cm³/mol. The quantitative estimate of drug-likeness (QED) is 0.485. The highest BCUT2D eigenvalue weighted by molar-refractivity contribution is 7.97. The Hall–Kier alpha value is -1.20. The molecule has 1 fully saturated rings. The van der Waals surface area contributed by atoms with E-state index < -0.39 is 5.54 Å². The summed E-state index contributed by atoms with van der Waals surface area (Å²) in [6.07, 6.45) is 3.75. The summed E-state index contributed by atoms with van der Waals surface area (Å²) < 4.78 is 3.12. The van der Waals surface area contributed by atoms with Crippen LogP contribution in [0.5, 0.6) is 0 Å². The van der Waals surface area contributed by atoms with Gasteiger partial charge in [-0.2, -0.15) is 0 Å². The summed E-state index contributed by atoms with van der Waals surface area (Å²) in [6.45, 7) is 0. The molecule has 1 saturated carbocycles. The van der Waals surface area contributed by atoms with Crippen LogP contribution in [0.1, 0.15) is 19.3 Å². The van der Waals surface area contributed by atoms with Crippen molar-refractivity contribution in [3.8, 4) is 0 Å². The van der Waals surface area contributed by atoms with Crippen LogP contribution in [0.25, 0.3) is 0 Å². The minimum absolute atomic E-state index is 0.402. The Morgan fingerprint density at radius 2 is 2.12 bits per heavy atom. The van der Waals surface area contributed by atoms with E-state index in [0.29, 0.717) is 5.69 Å². The lowest BCUT2D eigenvalue weighted by molar-refractivity contribution is -0.115. The lowest BCUT2D eigenvalue weighted by atomic mass is 9.79. The molecule has 0 atom stereocenters. The van der Waals surface area contributed by atoms with Gasteiger partial charge in [-0.1, -0.05) is 12.1 Å². The van der Waals surface area contributed by atoms with Gasteiger partial charge in [0, 0.05) is 0 Å². The van der Waals surface area contributed by atoms with Gasteiger partial charge in [0.15, 0.2) is 0 Å². The Morgan fingerprint density at radius 1 is 1.38 bits per heavy atom. The van der Waals surface area contributed by atoms with Gasteiger partial charge < -0.3 is 4.79 Å². The number of carbonyl (C=O) groups is 1. The predicted octanol–water partition coefficient (Wildman–Crippen LogP) is 2.80. The monoisotopic (exact) mass is 236 g/mol. The topological polar surface area (TPSA) is 58.5 Å². The molecule has 0 amide bonds. The third kappa shape index (κ3) is 2.15. The maximum Gasteiger partial charge on any atom is 0.140 e. The van der Waals surface area contributed by atoms with Gasteiger partial charge in [0.2, 0.25) is 0 Å². The molecule has 0 saturated heterocycles. The smallest absolute Gasteiger partial charge is 0.140 e. The largest absolute Gasteiger partial charge is 0.301 e. The van der Waals surface area contributed by atoms with E-state index in [1.165, 1.54) is 11.9 Å². The van der Waals surface area contributed by atoms with Crippen molar-refractivity contribution in [2.75, 3.05) is 0 Å². The number of nitrogens with zero attached hydrogens (tertiary/aromatic N) is 1. The van der Waals surface area contributed by atoms with Crippen LogP contribution in [0.4, 0.5) is 5.69 Å². The highest BCUT2D eigenvalue weighted by Gasteiger charge is 2.36. The molecule has 2 rings (SSSR count). The van der Waals surface area contributed by atoms with E-state index in [0.717, 1.165) is 30.4 Å². The standard InChI is InChI=1S/C11H12N2O2S/c14-8-11(6-3-7-11)13-16-10-5-2-1-4-9(10)12-15/h1-2,4-5,8,13H,3,6-7H2. The number of hydrogen-bond acceptors (Lipinski definition) is 5. The van der Waals surface area contributed by atoms with Crippen LogP contribution in [0.15, 0.2) is 34.3 Å². The first-order valence-electron chi connectivity index (χ1n) is 5.12. The molecule has 1 aliphatic rings. The zero-order valence-electron chi connectivity index (χ0n) is 8.68. The van der Waals surface area contributed by atoms with Crippen LogP contribution in [-0.2, 0) is 4.79 Å².